The van der Waals surface area contributed by atoms with Gasteiger partial charge in [-0.3, -0.25) is 0 Å². The summed E-state index contributed by atoms with van der Waals surface area (Å²) in [6.07, 6.45) is 0. The number of rotatable bonds is 6. The molecule has 8 aromatic carbocycles. The summed E-state index contributed by atoms with van der Waals surface area (Å²) in [5, 5.41) is 2.20. The highest BCUT2D eigenvalue weighted by molar-refractivity contribution is 6.12. The quantitative estimate of drug-likeness (QED) is 0.172. The number of fused-ring (bicyclic) bond motifs is 6. The van der Waals surface area contributed by atoms with Crippen LogP contribution in [0.2, 0.25) is 0 Å². The SMILES string of the molecule is c1ccc(-c2cc(-c3ccccc3)nc(-c3cccc(-c4cccc5c4oc4cc6c(cc45)-c4ccccc4C6(c4ccccc4)c4ccccc4)c3)n2)cc1. The van der Waals surface area contributed by atoms with Gasteiger partial charge < -0.3 is 4.42 Å². The number of aromatic nitrogens is 2. The van der Waals surface area contributed by atoms with Crippen LogP contribution < -0.4 is 0 Å². The Bertz CT molecular complexity index is 2960. The van der Waals surface area contributed by atoms with E-state index in [1.807, 2.05) is 36.4 Å². The molecule has 2 heterocycles. The average molecular weight is 715 g/mol. The number of para-hydroxylation sites is 1. The number of hydrogen-bond acceptors (Lipinski definition) is 3. The van der Waals surface area contributed by atoms with Crippen LogP contribution in [0.25, 0.3) is 78.1 Å². The van der Waals surface area contributed by atoms with Crippen LogP contribution in [0.5, 0.6) is 0 Å². The van der Waals surface area contributed by atoms with Gasteiger partial charge in [0.2, 0.25) is 0 Å². The van der Waals surface area contributed by atoms with E-state index in [4.69, 9.17) is 14.4 Å². The van der Waals surface area contributed by atoms with Gasteiger partial charge in [0.05, 0.1) is 16.8 Å². The molecule has 1 aliphatic carbocycles. The van der Waals surface area contributed by atoms with Gasteiger partial charge in [-0.1, -0.05) is 182 Å². The molecule has 10 aromatic rings. The maximum Gasteiger partial charge on any atom is 0.160 e. The molecule has 0 unspecified atom stereocenters. The highest BCUT2D eigenvalue weighted by Gasteiger charge is 2.46. The summed E-state index contributed by atoms with van der Waals surface area (Å²) in [6, 6.07) is 73.0. The molecule has 0 radical (unpaired) electrons. The molecule has 56 heavy (non-hydrogen) atoms. The van der Waals surface area contributed by atoms with Crippen molar-refractivity contribution in [2.24, 2.45) is 0 Å². The maximum absolute atomic E-state index is 7.00. The lowest BCUT2D eigenvalue weighted by atomic mass is 9.67. The lowest BCUT2D eigenvalue weighted by molar-refractivity contribution is 0.667. The molecular formula is C53H34N2O. The first-order chi connectivity index (χ1) is 27.8. The highest BCUT2D eigenvalue weighted by atomic mass is 16.3. The van der Waals surface area contributed by atoms with Gasteiger partial charge in [0.1, 0.15) is 11.2 Å². The van der Waals surface area contributed by atoms with Crippen molar-refractivity contribution in [1.82, 2.24) is 9.97 Å². The zero-order valence-corrected chi connectivity index (χ0v) is 30.4. The van der Waals surface area contributed by atoms with Crippen LogP contribution in [0.15, 0.2) is 211 Å². The molecule has 2 aromatic heterocycles. The summed E-state index contributed by atoms with van der Waals surface area (Å²) >= 11 is 0. The van der Waals surface area contributed by atoms with Crippen LogP contribution >= 0.6 is 0 Å². The zero-order valence-electron chi connectivity index (χ0n) is 30.4. The van der Waals surface area contributed by atoms with Gasteiger partial charge in [0.25, 0.3) is 0 Å². The van der Waals surface area contributed by atoms with E-state index in [-0.39, 0.29) is 0 Å². The van der Waals surface area contributed by atoms with Crippen molar-refractivity contribution in [2.45, 2.75) is 5.41 Å². The van der Waals surface area contributed by atoms with Gasteiger partial charge in [-0.05, 0) is 63.2 Å². The lowest BCUT2D eigenvalue weighted by Gasteiger charge is -2.33. The van der Waals surface area contributed by atoms with Gasteiger partial charge >= 0.3 is 0 Å². The van der Waals surface area contributed by atoms with E-state index in [9.17, 15) is 0 Å². The minimum atomic E-state index is -0.494. The van der Waals surface area contributed by atoms with Crippen molar-refractivity contribution in [3.05, 3.63) is 229 Å². The van der Waals surface area contributed by atoms with Gasteiger partial charge in [-0.2, -0.15) is 0 Å². The standard InChI is InChI=1S/C53H34N2O/c1-5-17-35(18-6-1)48-34-49(36-19-7-2-8-20-36)55-52(54-48)38-22-15-21-37(31-38)41-28-16-29-43-45-32-44-42-27-13-14-30-46(42)53(39-23-9-3-10-24-39,40-25-11-4-12-26-40)47(44)33-50(45)56-51(41)43/h1-34H. The van der Waals surface area contributed by atoms with E-state index in [1.54, 1.807) is 0 Å². The highest BCUT2D eigenvalue weighted by Crippen LogP contribution is 2.57. The minimum Gasteiger partial charge on any atom is -0.455 e. The Morgan fingerprint density at radius 3 is 1.55 bits per heavy atom. The Hall–Kier alpha value is -7.36. The van der Waals surface area contributed by atoms with Crippen LogP contribution in [0.1, 0.15) is 22.3 Å². The summed E-state index contributed by atoms with van der Waals surface area (Å²) in [6.45, 7) is 0. The van der Waals surface area contributed by atoms with Crippen molar-refractivity contribution in [1.29, 1.82) is 0 Å². The average Bonchev–Trinajstić information content (AvgIpc) is 3.79. The fourth-order valence-corrected chi connectivity index (χ4v) is 8.87. The van der Waals surface area contributed by atoms with Gasteiger partial charge in [0, 0.05) is 33.0 Å². The predicted octanol–water partition coefficient (Wildman–Crippen LogP) is 13.4. The summed E-state index contributed by atoms with van der Waals surface area (Å²) < 4.78 is 7.00. The number of benzene rings is 8. The summed E-state index contributed by atoms with van der Waals surface area (Å²) in [5.74, 6) is 0.678. The van der Waals surface area contributed by atoms with Crippen molar-refractivity contribution in [3.63, 3.8) is 0 Å². The fraction of sp³-hybridized carbons (Fsp3) is 0.0189. The number of nitrogens with zero attached hydrogens (tertiary/aromatic N) is 2. The van der Waals surface area contributed by atoms with Crippen molar-refractivity contribution < 1.29 is 4.42 Å². The van der Waals surface area contributed by atoms with E-state index in [0.717, 1.165) is 61.1 Å². The second kappa shape index (κ2) is 12.9. The molecule has 0 fully saturated rings. The summed E-state index contributed by atoms with van der Waals surface area (Å²) in [7, 11) is 0. The first-order valence-corrected chi connectivity index (χ1v) is 19.1. The Kier molecular flexibility index (Phi) is 7.39. The van der Waals surface area contributed by atoms with Crippen LogP contribution in [0.4, 0.5) is 0 Å². The molecule has 0 saturated carbocycles. The third kappa shape index (κ3) is 4.98. The third-order valence-electron chi connectivity index (χ3n) is 11.4. The molecular weight excluding hydrogens is 681 g/mol. The molecule has 0 saturated heterocycles. The summed E-state index contributed by atoms with van der Waals surface area (Å²) in [5.41, 5.74) is 15.6. The molecule has 262 valence electrons. The van der Waals surface area contributed by atoms with Crippen molar-refractivity contribution >= 4 is 21.9 Å². The topological polar surface area (TPSA) is 38.9 Å². The van der Waals surface area contributed by atoms with Gasteiger partial charge in [0.15, 0.2) is 5.82 Å². The zero-order chi connectivity index (χ0) is 37.1. The molecule has 0 spiro atoms. The normalized spacial score (nSPS) is 12.8. The lowest BCUT2D eigenvalue weighted by Crippen LogP contribution is -2.28. The molecule has 0 N–H and O–H groups in total. The first kappa shape index (κ1) is 32.1. The Morgan fingerprint density at radius 2 is 0.893 bits per heavy atom. The maximum atomic E-state index is 7.00. The van der Waals surface area contributed by atoms with Crippen LogP contribution in [-0.4, -0.2) is 9.97 Å². The van der Waals surface area contributed by atoms with Crippen LogP contribution in [0.3, 0.4) is 0 Å². The van der Waals surface area contributed by atoms with Crippen LogP contribution in [-0.2, 0) is 5.41 Å². The van der Waals surface area contributed by atoms with Crippen molar-refractivity contribution in [3.8, 4) is 56.2 Å². The fourth-order valence-electron chi connectivity index (χ4n) is 8.87. The second-order valence-electron chi connectivity index (χ2n) is 14.5. The molecule has 0 aliphatic heterocycles. The smallest absolute Gasteiger partial charge is 0.160 e. The first-order valence-electron chi connectivity index (χ1n) is 19.1. The van der Waals surface area contributed by atoms with Gasteiger partial charge in [-0.25, -0.2) is 9.97 Å². The molecule has 1 aliphatic rings. The molecule has 0 amide bonds. The Balaban J connectivity index is 1.09. The predicted molar refractivity (Wildman–Crippen MR) is 228 cm³/mol. The largest absolute Gasteiger partial charge is 0.455 e. The number of furan rings is 1. The van der Waals surface area contributed by atoms with E-state index in [2.05, 4.69) is 170 Å². The Labute approximate surface area is 325 Å². The van der Waals surface area contributed by atoms with E-state index < -0.39 is 5.41 Å². The molecule has 3 nitrogen and oxygen atoms in total. The van der Waals surface area contributed by atoms with E-state index in [1.165, 1.54) is 33.4 Å². The summed E-state index contributed by atoms with van der Waals surface area (Å²) in [4.78, 5) is 10.2. The van der Waals surface area contributed by atoms with Gasteiger partial charge in [-0.15, -0.1) is 0 Å². The van der Waals surface area contributed by atoms with Crippen molar-refractivity contribution in [2.75, 3.05) is 0 Å². The third-order valence-corrected chi connectivity index (χ3v) is 11.4. The molecule has 11 rings (SSSR count). The van der Waals surface area contributed by atoms with Crippen LogP contribution in [0, 0.1) is 0 Å². The molecule has 0 atom stereocenters. The Morgan fingerprint density at radius 1 is 0.357 bits per heavy atom. The monoisotopic (exact) mass is 714 g/mol. The molecule has 3 heteroatoms. The van der Waals surface area contributed by atoms with E-state index in [0.29, 0.717) is 5.82 Å². The molecule has 0 bridgehead atoms. The van der Waals surface area contributed by atoms with E-state index >= 15 is 0 Å². The minimum absolute atomic E-state index is 0.494. The second-order valence-corrected chi connectivity index (χ2v) is 14.5. The number of hydrogen-bond donors (Lipinski definition) is 0.